The van der Waals surface area contributed by atoms with E-state index in [0.717, 1.165) is 14.6 Å². The van der Waals surface area contributed by atoms with Crippen molar-refractivity contribution in [3.05, 3.63) is 33.5 Å². The highest BCUT2D eigenvalue weighted by atomic mass is 127. The second kappa shape index (κ2) is 5.05. The first-order valence-corrected chi connectivity index (χ1v) is 6.12. The molecule has 0 aliphatic heterocycles. The first kappa shape index (κ1) is 12.4. The van der Waals surface area contributed by atoms with Gasteiger partial charge in [0.15, 0.2) is 0 Å². The van der Waals surface area contributed by atoms with Gasteiger partial charge in [-0.2, -0.15) is 0 Å². The number of hydrogen-bond acceptors (Lipinski definition) is 3. The SMILES string of the molecule is COCn1c(I)c(C(=O)OC)c2ccccc21. The predicted molar refractivity (Wildman–Crippen MR) is 73.0 cm³/mol. The van der Waals surface area contributed by atoms with Gasteiger partial charge in [0.2, 0.25) is 0 Å². The van der Waals surface area contributed by atoms with Gasteiger partial charge >= 0.3 is 5.97 Å². The van der Waals surface area contributed by atoms with Crippen molar-refractivity contribution < 1.29 is 14.3 Å². The molecule has 1 heterocycles. The fourth-order valence-electron chi connectivity index (χ4n) is 1.82. The van der Waals surface area contributed by atoms with E-state index in [1.54, 1.807) is 7.11 Å². The summed E-state index contributed by atoms with van der Waals surface area (Å²) in [5.41, 5.74) is 1.57. The first-order chi connectivity index (χ1) is 8.20. The van der Waals surface area contributed by atoms with E-state index in [1.165, 1.54) is 7.11 Å². The van der Waals surface area contributed by atoms with Gasteiger partial charge in [0, 0.05) is 12.5 Å². The number of rotatable bonds is 3. The Balaban J connectivity index is 2.74. The summed E-state index contributed by atoms with van der Waals surface area (Å²) in [5.74, 6) is -0.319. The van der Waals surface area contributed by atoms with E-state index in [0.29, 0.717) is 12.3 Å². The van der Waals surface area contributed by atoms with Crippen molar-refractivity contribution in [2.45, 2.75) is 6.73 Å². The number of halogens is 1. The van der Waals surface area contributed by atoms with E-state index in [1.807, 2.05) is 28.8 Å². The first-order valence-electron chi connectivity index (χ1n) is 5.04. The maximum atomic E-state index is 11.8. The van der Waals surface area contributed by atoms with E-state index in [4.69, 9.17) is 9.47 Å². The average molecular weight is 345 g/mol. The molecule has 0 saturated heterocycles. The lowest BCUT2D eigenvalue weighted by molar-refractivity contribution is 0.0600. The van der Waals surface area contributed by atoms with E-state index in [2.05, 4.69) is 22.6 Å². The largest absolute Gasteiger partial charge is 0.465 e. The molecule has 0 radical (unpaired) electrons. The number of nitrogens with zero attached hydrogens (tertiary/aromatic N) is 1. The summed E-state index contributed by atoms with van der Waals surface area (Å²) in [5, 5.41) is 0.890. The van der Waals surface area contributed by atoms with Crippen LogP contribution in [0.15, 0.2) is 24.3 Å². The Morgan fingerprint density at radius 3 is 2.71 bits per heavy atom. The molecule has 0 atom stereocenters. The van der Waals surface area contributed by atoms with Gasteiger partial charge < -0.3 is 14.0 Å². The van der Waals surface area contributed by atoms with E-state index >= 15 is 0 Å². The van der Waals surface area contributed by atoms with Crippen molar-refractivity contribution in [2.75, 3.05) is 14.2 Å². The van der Waals surface area contributed by atoms with Crippen LogP contribution in [0, 0.1) is 3.70 Å². The molecular weight excluding hydrogens is 333 g/mol. The highest BCUT2D eigenvalue weighted by Crippen LogP contribution is 2.28. The minimum absolute atomic E-state index is 0.319. The van der Waals surface area contributed by atoms with Crippen LogP contribution in [0.4, 0.5) is 0 Å². The maximum absolute atomic E-state index is 11.8. The molecule has 0 amide bonds. The minimum Gasteiger partial charge on any atom is -0.465 e. The summed E-state index contributed by atoms with van der Waals surface area (Å²) in [7, 11) is 3.02. The molecule has 0 N–H and O–H groups in total. The fraction of sp³-hybridized carbons (Fsp3) is 0.250. The number of esters is 1. The molecule has 0 unspecified atom stereocenters. The molecule has 1 aromatic carbocycles. The summed E-state index contributed by atoms with van der Waals surface area (Å²) in [6.07, 6.45) is 0. The summed E-state index contributed by atoms with van der Waals surface area (Å²) in [6.45, 7) is 0.412. The van der Waals surface area contributed by atoms with Gasteiger partial charge in [-0.1, -0.05) is 18.2 Å². The molecule has 0 spiro atoms. The zero-order valence-corrected chi connectivity index (χ0v) is 11.7. The number of para-hydroxylation sites is 1. The predicted octanol–water partition coefficient (Wildman–Crippen LogP) is 2.64. The third-order valence-corrected chi connectivity index (χ3v) is 3.68. The second-order valence-electron chi connectivity index (χ2n) is 3.52. The van der Waals surface area contributed by atoms with Crippen LogP contribution in [-0.4, -0.2) is 24.8 Å². The van der Waals surface area contributed by atoms with E-state index < -0.39 is 0 Å². The number of aromatic nitrogens is 1. The van der Waals surface area contributed by atoms with Gasteiger partial charge in [-0.25, -0.2) is 4.79 Å². The number of benzene rings is 1. The molecule has 90 valence electrons. The monoisotopic (exact) mass is 345 g/mol. The highest BCUT2D eigenvalue weighted by molar-refractivity contribution is 14.1. The van der Waals surface area contributed by atoms with Gasteiger partial charge in [0.1, 0.15) is 6.73 Å². The van der Waals surface area contributed by atoms with Crippen molar-refractivity contribution in [2.24, 2.45) is 0 Å². The van der Waals surface area contributed by atoms with Crippen molar-refractivity contribution in [1.82, 2.24) is 4.57 Å². The lowest BCUT2D eigenvalue weighted by Crippen LogP contribution is -2.06. The number of carbonyl (C=O) groups is 1. The van der Waals surface area contributed by atoms with Gasteiger partial charge in [0.05, 0.1) is 21.9 Å². The fourth-order valence-corrected chi connectivity index (χ4v) is 2.73. The summed E-state index contributed by atoms with van der Waals surface area (Å²) < 4.78 is 12.7. The van der Waals surface area contributed by atoms with Crippen LogP contribution in [0.3, 0.4) is 0 Å². The molecule has 0 aliphatic rings. The van der Waals surface area contributed by atoms with Gasteiger partial charge in [0.25, 0.3) is 0 Å². The van der Waals surface area contributed by atoms with Crippen LogP contribution >= 0.6 is 22.6 Å². The van der Waals surface area contributed by atoms with Crippen molar-refractivity contribution >= 4 is 39.5 Å². The van der Waals surface area contributed by atoms with Crippen LogP contribution in [-0.2, 0) is 16.2 Å². The molecule has 1 aromatic heterocycles. The van der Waals surface area contributed by atoms with Crippen LogP contribution in [0.1, 0.15) is 10.4 Å². The molecule has 17 heavy (non-hydrogen) atoms. The van der Waals surface area contributed by atoms with E-state index in [-0.39, 0.29) is 5.97 Å². The Morgan fingerprint density at radius 2 is 2.06 bits per heavy atom. The number of hydrogen-bond donors (Lipinski definition) is 0. The third kappa shape index (κ3) is 2.04. The van der Waals surface area contributed by atoms with Crippen LogP contribution in [0.5, 0.6) is 0 Å². The Morgan fingerprint density at radius 1 is 1.35 bits per heavy atom. The van der Waals surface area contributed by atoms with Crippen molar-refractivity contribution in [1.29, 1.82) is 0 Å². The lowest BCUT2D eigenvalue weighted by atomic mass is 10.2. The third-order valence-electron chi connectivity index (χ3n) is 2.56. The van der Waals surface area contributed by atoms with Gasteiger partial charge in [-0.15, -0.1) is 0 Å². The highest BCUT2D eigenvalue weighted by Gasteiger charge is 2.20. The topological polar surface area (TPSA) is 40.5 Å². The molecule has 0 aliphatic carbocycles. The van der Waals surface area contributed by atoms with Gasteiger partial charge in [-0.05, 0) is 28.7 Å². The molecule has 2 rings (SSSR count). The number of ether oxygens (including phenoxy) is 2. The summed E-state index contributed by atoms with van der Waals surface area (Å²) in [6, 6.07) is 7.71. The Hall–Kier alpha value is -1.08. The molecule has 0 saturated carbocycles. The molecule has 0 bridgehead atoms. The van der Waals surface area contributed by atoms with Crippen LogP contribution < -0.4 is 0 Å². The molecule has 0 fully saturated rings. The summed E-state index contributed by atoms with van der Waals surface area (Å²) in [4.78, 5) is 11.8. The van der Waals surface area contributed by atoms with Crippen molar-refractivity contribution in [3.8, 4) is 0 Å². The standard InChI is InChI=1S/C12H12INO3/c1-16-7-14-9-6-4-3-5-8(9)10(11(14)13)12(15)17-2/h3-6H,7H2,1-2H3. The number of carbonyl (C=O) groups excluding carboxylic acids is 1. The minimum atomic E-state index is -0.319. The molecular formula is C12H12INO3. The molecule has 5 heteroatoms. The zero-order chi connectivity index (χ0) is 12.4. The van der Waals surface area contributed by atoms with Crippen molar-refractivity contribution in [3.63, 3.8) is 0 Å². The Bertz CT molecular complexity index is 562. The Kier molecular flexibility index (Phi) is 3.68. The maximum Gasteiger partial charge on any atom is 0.341 e. The van der Waals surface area contributed by atoms with Crippen LogP contribution in [0.25, 0.3) is 10.9 Å². The normalized spacial score (nSPS) is 10.8. The molecule has 2 aromatic rings. The average Bonchev–Trinajstić information content (AvgIpc) is 2.63. The quantitative estimate of drug-likeness (QED) is 0.634. The Labute approximate surface area is 113 Å². The summed E-state index contributed by atoms with van der Waals surface area (Å²) >= 11 is 2.14. The van der Waals surface area contributed by atoms with Gasteiger partial charge in [-0.3, -0.25) is 0 Å². The lowest BCUT2D eigenvalue weighted by Gasteiger charge is -2.05. The number of fused-ring (bicyclic) bond motifs is 1. The second-order valence-corrected chi connectivity index (χ2v) is 4.54. The van der Waals surface area contributed by atoms with E-state index in [9.17, 15) is 4.79 Å². The smallest absolute Gasteiger partial charge is 0.341 e. The molecule has 4 nitrogen and oxygen atoms in total. The van der Waals surface area contributed by atoms with Crippen LogP contribution in [0.2, 0.25) is 0 Å². The number of methoxy groups -OCH3 is 2. The zero-order valence-electron chi connectivity index (χ0n) is 9.57.